The van der Waals surface area contributed by atoms with Crippen LogP contribution < -0.4 is 0 Å². The summed E-state index contributed by atoms with van der Waals surface area (Å²) in [5, 5.41) is 14.8. The van der Waals surface area contributed by atoms with Crippen LogP contribution in [0.25, 0.3) is 0 Å². The third-order valence-corrected chi connectivity index (χ3v) is 1.15. The van der Waals surface area contributed by atoms with Crippen LogP contribution in [0.2, 0.25) is 0 Å². The van der Waals surface area contributed by atoms with E-state index < -0.39 is 18.9 Å². The molecule has 1 aromatic rings. The number of carboxylic acids is 1. The quantitative estimate of drug-likeness (QED) is 0.718. The maximum absolute atomic E-state index is 11.8. The molecule has 66 valence electrons. The van der Waals surface area contributed by atoms with Crippen molar-refractivity contribution in [1.82, 2.24) is 15.0 Å². The fourth-order valence-corrected chi connectivity index (χ4v) is 0.689. The number of carboxylic acid groups (broad SMARTS) is 1. The van der Waals surface area contributed by atoms with Crippen LogP contribution in [-0.4, -0.2) is 32.5 Å². The molecule has 0 radical (unpaired) electrons. The van der Waals surface area contributed by atoms with Gasteiger partial charge in [0.15, 0.2) is 5.69 Å². The van der Waals surface area contributed by atoms with Gasteiger partial charge in [0.05, 0.1) is 6.20 Å². The van der Waals surface area contributed by atoms with Gasteiger partial charge in [0.25, 0.3) is 6.43 Å². The van der Waals surface area contributed by atoms with Gasteiger partial charge >= 0.3 is 5.97 Å². The molecular weight excluding hydrogens is 172 g/mol. The number of aromatic nitrogens is 3. The first-order valence-corrected chi connectivity index (χ1v) is 3.01. The van der Waals surface area contributed by atoms with E-state index in [2.05, 4.69) is 10.3 Å². The number of nitrogens with zero attached hydrogens (tertiary/aromatic N) is 3. The highest BCUT2D eigenvalue weighted by molar-refractivity contribution is 5.85. The molecule has 1 N–H and O–H groups in total. The highest BCUT2D eigenvalue weighted by Crippen LogP contribution is 2.01. The molecule has 0 amide bonds. The lowest BCUT2D eigenvalue weighted by Gasteiger charge is -2.00. The Morgan fingerprint density at radius 1 is 1.75 bits per heavy atom. The van der Waals surface area contributed by atoms with Gasteiger partial charge in [-0.1, -0.05) is 5.21 Å². The molecule has 5 nitrogen and oxygen atoms in total. The van der Waals surface area contributed by atoms with Crippen LogP contribution in [-0.2, 0) is 6.54 Å². The third-order valence-electron chi connectivity index (χ3n) is 1.15. The summed E-state index contributed by atoms with van der Waals surface area (Å²) in [4.78, 5) is 10.3. The Kier molecular flexibility index (Phi) is 2.32. The molecule has 1 rings (SSSR count). The van der Waals surface area contributed by atoms with Gasteiger partial charge in [-0.25, -0.2) is 18.3 Å². The SMILES string of the molecule is O=C(O)c1cnnn1CC(F)F. The Bertz CT molecular complexity index is 286. The molecule has 0 bridgehead atoms. The summed E-state index contributed by atoms with van der Waals surface area (Å²) in [6, 6.07) is 0. The minimum absolute atomic E-state index is 0.338. The van der Waals surface area contributed by atoms with E-state index in [4.69, 9.17) is 5.11 Å². The van der Waals surface area contributed by atoms with Gasteiger partial charge in [-0.05, 0) is 0 Å². The Hall–Kier alpha value is -1.53. The minimum atomic E-state index is -2.63. The fraction of sp³-hybridized carbons (Fsp3) is 0.400. The van der Waals surface area contributed by atoms with Gasteiger partial charge in [0, 0.05) is 0 Å². The highest BCUT2D eigenvalue weighted by atomic mass is 19.3. The normalized spacial score (nSPS) is 10.6. The molecule has 12 heavy (non-hydrogen) atoms. The van der Waals surface area contributed by atoms with Crippen molar-refractivity contribution in [3.63, 3.8) is 0 Å². The lowest BCUT2D eigenvalue weighted by molar-refractivity contribution is 0.0671. The van der Waals surface area contributed by atoms with Gasteiger partial charge in [0.1, 0.15) is 6.54 Å². The summed E-state index contributed by atoms with van der Waals surface area (Å²) >= 11 is 0. The maximum atomic E-state index is 11.8. The molecule has 0 atom stereocenters. The molecular formula is C5H5F2N3O2. The molecule has 0 unspecified atom stereocenters. The van der Waals surface area contributed by atoms with Gasteiger partial charge in [-0.2, -0.15) is 0 Å². The lowest BCUT2D eigenvalue weighted by Crippen LogP contribution is -2.14. The van der Waals surface area contributed by atoms with E-state index in [1.165, 1.54) is 0 Å². The number of hydrogen-bond donors (Lipinski definition) is 1. The van der Waals surface area contributed by atoms with Crippen LogP contribution >= 0.6 is 0 Å². The second-order valence-corrected chi connectivity index (χ2v) is 2.00. The molecule has 0 aliphatic heterocycles. The first-order valence-electron chi connectivity index (χ1n) is 3.01. The molecule has 0 aliphatic rings. The van der Waals surface area contributed by atoms with Crippen LogP contribution in [0.3, 0.4) is 0 Å². The number of alkyl halides is 2. The lowest BCUT2D eigenvalue weighted by atomic mass is 10.5. The van der Waals surface area contributed by atoms with E-state index in [9.17, 15) is 13.6 Å². The summed E-state index contributed by atoms with van der Waals surface area (Å²) in [6.45, 7) is -0.748. The summed E-state index contributed by atoms with van der Waals surface area (Å²) in [5.74, 6) is -1.32. The number of carbonyl (C=O) groups is 1. The Labute approximate surface area is 65.6 Å². The van der Waals surface area contributed by atoms with Crippen LogP contribution in [0.15, 0.2) is 6.20 Å². The predicted octanol–water partition coefficient (Wildman–Crippen LogP) is 0.241. The second kappa shape index (κ2) is 3.24. The Morgan fingerprint density at radius 3 is 2.92 bits per heavy atom. The van der Waals surface area contributed by atoms with Gasteiger partial charge in [0.2, 0.25) is 0 Å². The monoisotopic (exact) mass is 177 g/mol. The van der Waals surface area contributed by atoms with Crippen LogP contribution in [0, 0.1) is 0 Å². The summed E-state index contributed by atoms with van der Waals surface area (Å²) < 4.78 is 24.2. The smallest absolute Gasteiger partial charge is 0.355 e. The minimum Gasteiger partial charge on any atom is -0.476 e. The Morgan fingerprint density at radius 2 is 2.42 bits per heavy atom. The first kappa shape index (κ1) is 8.57. The van der Waals surface area contributed by atoms with Gasteiger partial charge in [-0.3, -0.25) is 0 Å². The van der Waals surface area contributed by atoms with E-state index in [0.717, 1.165) is 6.20 Å². The first-order chi connectivity index (χ1) is 5.61. The second-order valence-electron chi connectivity index (χ2n) is 2.00. The molecule has 0 saturated heterocycles. The molecule has 1 aromatic heterocycles. The van der Waals surface area contributed by atoms with E-state index in [0.29, 0.717) is 4.68 Å². The zero-order valence-corrected chi connectivity index (χ0v) is 5.81. The van der Waals surface area contributed by atoms with Crippen molar-refractivity contribution in [2.24, 2.45) is 0 Å². The van der Waals surface area contributed by atoms with E-state index in [-0.39, 0.29) is 5.69 Å². The van der Waals surface area contributed by atoms with Crippen LogP contribution in [0.5, 0.6) is 0 Å². The van der Waals surface area contributed by atoms with Crippen molar-refractivity contribution in [2.45, 2.75) is 13.0 Å². The van der Waals surface area contributed by atoms with Crippen molar-refractivity contribution in [3.8, 4) is 0 Å². The number of halogens is 2. The topological polar surface area (TPSA) is 68.0 Å². The van der Waals surface area contributed by atoms with Crippen molar-refractivity contribution in [2.75, 3.05) is 0 Å². The average Bonchev–Trinajstić information content (AvgIpc) is 2.33. The zero-order chi connectivity index (χ0) is 9.14. The fourth-order valence-electron chi connectivity index (χ4n) is 0.689. The predicted molar refractivity (Wildman–Crippen MR) is 33.0 cm³/mol. The zero-order valence-electron chi connectivity index (χ0n) is 5.81. The standard InChI is InChI=1S/C5H5F2N3O2/c6-4(7)2-10-3(5(11)12)1-8-9-10/h1,4H,2H2,(H,11,12). The molecule has 0 spiro atoms. The molecule has 0 aliphatic carbocycles. The van der Waals surface area contributed by atoms with Crippen molar-refractivity contribution in [1.29, 1.82) is 0 Å². The van der Waals surface area contributed by atoms with Crippen molar-refractivity contribution in [3.05, 3.63) is 11.9 Å². The third kappa shape index (κ3) is 1.74. The van der Waals surface area contributed by atoms with E-state index >= 15 is 0 Å². The molecule has 0 fully saturated rings. The molecule has 0 aromatic carbocycles. The summed E-state index contributed by atoms with van der Waals surface area (Å²) in [5.41, 5.74) is -0.338. The Balaban J connectivity index is 2.84. The largest absolute Gasteiger partial charge is 0.476 e. The van der Waals surface area contributed by atoms with E-state index in [1.54, 1.807) is 0 Å². The number of rotatable bonds is 3. The number of hydrogen-bond acceptors (Lipinski definition) is 3. The van der Waals surface area contributed by atoms with Gasteiger partial charge < -0.3 is 5.11 Å². The summed E-state index contributed by atoms with van der Waals surface area (Å²) in [7, 11) is 0. The van der Waals surface area contributed by atoms with Crippen molar-refractivity contribution >= 4 is 5.97 Å². The maximum Gasteiger partial charge on any atom is 0.355 e. The molecule has 0 saturated carbocycles. The van der Waals surface area contributed by atoms with E-state index in [1.807, 2.05) is 0 Å². The number of aromatic carboxylic acids is 1. The van der Waals surface area contributed by atoms with Crippen LogP contribution in [0.1, 0.15) is 10.5 Å². The molecule has 7 heteroatoms. The molecule has 1 heterocycles. The van der Waals surface area contributed by atoms with Gasteiger partial charge in [-0.15, -0.1) is 5.10 Å². The van der Waals surface area contributed by atoms with Crippen molar-refractivity contribution < 1.29 is 18.7 Å². The highest BCUT2D eigenvalue weighted by Gasteiger charge is 2.14. The summed E-state index contributed by atoms with van der Waals surface area (Å²) in [6.07, 6.45) is -1.71. The average molecular weight is 177 g/mol. The van der Waals surface area contributed by atoms with Crippen LogP contribution in [0.4, 0.5) is 8.78 Å².